The maximum atomic E-state index is 8.95. The fourth-order valence-electron chi connectivity index (χ4n) is 2.22. The molecule has 0 aliphatic carbocycles. The van der Waals surface area contributed by atoms with E-state index >= 15 is 0 Å². The summed E-state index contributed by atoms with van der Waals surface area (Å²) in [4.78, 5) is 15.7. The lowest BCUT2D eigenvalue weighted by molar-refractivity contribution is 0.574. The van der Waals surface area contributed by atoms with Crippen molar-refractivity contribution in [2.45, 2.75) is 0 Å². The highest BCUT2D eigenvalue weighted by Gasteiger charge is 2.10. The van der Waals surface area contributed by atoms with Gasteiger partial charge in [-0.3, -0.25) is 0 Å². The number of aromatic amines is 1. The Kier molecular flexibility index (Phi) is 2.08. The van der Waals surface area contributed by atoms with Crippen molar-refractivity contribution < 1.29 is 4.42 Å². The number of fused-ring (bicyclic) bond motifs is 3. The van der Waals surface area contributed by atoms with Gasteiger partial charge in [-0.1, -0.05) is 0 Å². The minimum absolute atomic E-state index is 0.375. The SMILES string of the molecule is N#Cc1cc2c(cn1)[nH]c1ncc(-c3ncco3)cc12. The van der Waals surface area contributed by atoms with Crippen molar-refractivity contribution in [2.24, 2.45) is 0 Å². The van der Waals surface area contributed by atoms with Crippen molar-refractivity contribution >= 4 is 21.9 Å². The Bertz CT molecular complexity index is 962. The zero-order valence-electron chi connectivity index (χ0n) is 10.2. The molecule has 94 valence electrons. The van der Waals surface area contributed by atoms with Gasteiger partial charge < -0.3 is 9.40 Å². The molecule has 0 amide bonds. The Morgan fingerprint density at radius 1 is 1.10 bits per heavy atom. The summed E-state index contributed by atoms with van der Waals surface area (Å²) >= 11 is 0. The zero-order chi connectivity index (χ0) is 13.5. The van der Waals surface area contributed by atoms with E-state index < -0.39 is 0 Å². The summed E-state index contributed by atoms with van der Waals surface area (Å²) in [6, 6.07) is 5.72. The van der Waals surface area contributed by atoms with Crippen LogP contribution in [0.15, 0.2) is 41.4 Å². The Labute approximate surface area is 112 Å². The number of pyridine rings is 2. The average Bonchev–Trinajstić information content (AvgIpc) is 3.13. The number of nitrogens with one attached hydrogen (secondary N) is 1. The first kappa shape index (κ1) is 10.7. The monoisotopic (exact) mass is 261 g/mol. The maximum absolute atomic E-state index is 8.95. The van der Waals surface area contributed by atoms with E-state index in [0.717, 1.165) is 27.5 Å². The smallest absolute Gasteiger partial charge is 0.227 e. The molecule has 20 heavy (non-hydrogen) atoms. The van der Waals surface area contributed by atoms with Crippen LogP contribution in [0.1, 0.15) is 5.69 Å². The molecule has 0 aliphatic rings. The highest BCUT2D eigenvalue weighted by molar-refractivity contribution is 6.06. The highest BCUT2D eigenvalue weighted by atomic mass is 16.3. The molecule has 1 N–H and O–H groups in total. The first-order valence-corrected chi connectivity index (χ1v) is 5.92. The highest BCUT2D eigenvalue weighted by Crippen LogP contribution is 2.27. The number of hydrogen-bond acceptors (Lipinski definition) is 5. The van der Waals surface area contributed by atoms with Crippen molar-refractivity contribution in [1.82, 2.24) is 19.9 Å². The van der Waals surface area contributed by atoms with Gasteiger partial charge in [0.15, 0.2) is 0 Å². The number of aromatic nitrogens is 4. The largest absolute Gasteiger partial charge is 0.444 e. The molecule has 0 saturated carbocycles. The Balaban J connectivity index is 2.05. The van der Waals surface area contributed by atoms with E-state index in [0.29, 0.717) is 11.6 Å². The third-order valence-corrected chi connectivity index (χ3v) is 3.13. The van der Waals surface area contributed by atoms with Gasteiger partial charge in [-0.25, -0.2) is 15.0 Å². The fourth-order valence-corrected chi connectivity index (χ4v) is 2.22. The molecule has 4 aromatic rings. The second-order valence-electron chi connectivity index (χ2n) is 4.31. The zero-order valence-corrected chi connectivity index (χ0v) is 10.2. The summed E-state index contributed by atoms with van der Waals surface area (Å²) in [6.45, 7) is 0. The molecule has 4 rings (SSSR count). The van der Waals surface area contributed by atoms with Crippen LogP contribution in [0.3, 0.4) is 0 Å². The standard InChI is InChI=1S/C14H7N5O/c15-5-9-4-10-11-3-8(14-16-1-2-20-14)6-18-13(11)19-12(10)7-17-9/h1-4,6-7H,(H,18,19). The lowest BCUT2D eigenvalue weighted by Crippen LogP contribution is -1.81. The number of nitriles is 1. The molecule has 4 heterocycles. The summed E-state index contributed by atoms with van der Waals surface area (Å²) in [5.41, 5.74) is 2.75. The van der Waals surface area contributed by atoms with E-state index in [1.807, 2.05) is 12.1 Å². The van der Waals surface area contributed by atoms with E-state index in [9.17, 15) is 0 Å². The fraction of sp³-hybridized carbons (Fsp3) is 0. The number of H-pyrrole nitrogens is 1. The molecule has 0 radical (unpaired) electrons. The van der Waals surface area contributed by atoms with Crippen LogP contribution in [0.25, 0.3) is 33.4 Å². The van der Waals surface area contributed by atoms with Gasteiger partial charge in [0.2, 0.25) is 5.89 Å². The molecule has 0 unspecified atom stereocenters. The third-order valence-electron chi connectivity index (χ3n) is 3.13. The third kappa shape index (κ3) is 1.47. The number of oxazole rings is 1. The van der Waals surface area contributed by atoms with Crippen LogP contribution < -0.4 is 0 Å². The Morgan fingerprint density at radius 2 is 2.05 bits per heavy atom. The van der Waals surface area contributed by atoms with Crippen LogP contribution in [0, 0.1) is 11.3 Å². The Morgan fingerprint density at radius 3 is 2.85 bits per heavy atom. The van der Waals surface area contributed by atoms with Gasteiger partial charge in [-0.05, 0) is 12.1 Å². The van der Waals surface area contributed by atoms with Gasteiger partial charge in [-0.15, -0.1) is 0 Å². The summed E-state index contributed by atoms with van der Waals surface area (Å²) < 4.78 is 5.28. The van der Waals surface area contributed by atoms with Crippen LogP contribution in [-0.2, 0) is 0 Å². The molecule has 0 spiro atoms. The topological polar surface area (TPSA) is 91.4 Å². The van der Waals surface area contributed by atoms with Gasteiger partial charge in [0.05, 0.1) is 23.5 Å². The van der Waals surface area contributed by atoms with Gasteiger partial charge in [0.25, 0.3) is 0 Å². The normalized spacial score (nSPS) is 10.9. The molecule has 0 bridgehead atoms. The van der Waals surface area contributed by atoms with Gasteiger partial charge in [0.1, 0.15) is 23.7 Å². The molecule has 0 atom stereocenters. The molecule has 0 aliphatic heterocycles. The second-order valence-corrected chi connectivity index (χ2v) is 4.31. The predicted molar refractivity (Wildman–Crippen MR) is 71.6 cm³/mol. The van der Waals surface area contributed by atoms with Crippen molar-refractivity contribution in [3.63, 3.8) is 0 Å². The molecule has 4 aromatic heterocycles. The lowest BCUT2D eigenvalue weighted by Gasteiger charge is -1.96. The number of nitrogens with zero attached hydrogens (tertiary/aromatic N) is 4. The molecule has 0 fully saturated rings. The van der Waals surface area contributed by atoms with E-state index in [-0.39, 0.29) is 0 Å². The van der Waals surface area contributed by atoms with Crippen molar-refractivity contribution in [1.29, 1.82) is 5.26 Å². The van der Waals surface area contributed by atoms with Gasteiger partial charge >= 0.3 is 0 Å². The predicted octanol–water partition coefficient (Wildman–Crippen LogP) is 2.64. The Hall–Kier alpha value is -3.20. The van der Waals surface area contributed by atoms with Gasteiger partial charge in [-0.2, -0.15) is 5.26 Å². The van der Waals surface area contributed by atoms with Crippen LogP contribution in [0.2, 0.25) is 0 Å². The summed E-state index contributed by atoms with van der Waals surface area (Å²) in [5.74, 6) is 0.517. The average molecular weight is 261 g/mol. The van der Waals surface area contributed by atoms with Crippen molar-refractivity contribution in [3.05, 3.63) is 42.7 Å². The number of rotatable bonds is 1. The van der Waals surface area contributed by atoms with Crippen LogP contribution in [0.4, 0.5) is 0 Å². The molecule has 6 heteroatoms. The van der Waals surface area contributed by atoms with Crippen molar-refractivity contribution in [3.8, 4) is 17.5 Å². The minimum atomic E-state index is 0.375. The number of hydrogen-bond donors (Lipinski definition) is 1. The van der Waals surface area contributed by atoms with E-state index in [1.54, 1.807) is 24.7 Å². The van der Waals surface area contributed by atoms with Crippen LogP contribution in [0.5, 0.6) is 0 Å². The molecular formula is C14H7N5O. The summed E-state index contributed by atoms with van der Waals surface area (Å²) in [6.07, 6.45) is 6.45. The molecular weight excluding hydrogens is 254 g/mol. The maximum Gasteiger partial charge on any atom is 0.227 e. The summed E-state index contributed by atoms with van der Waals surface area (Å²) in [7, 11) is 0. The van der Waals surface area contributed by atoms with Crippen molar-refractivity contribution in [2.75, 3.05) is 0 Å². The second kappa shape index (κ2) is 3.90. The lowest BCUT2D eigenvalue weighted by atomic mass is 10.1. The molecule has 0 aromatic carbocycles. The van der Waals surface area contributed by atoms with Crippen LogP contribution >= 0.6 is 0 Å². The summed E-state index contributed by atoms with van der Waals surface area (Å²) in [5, 5.41) is 10.8. The van der Waals surface area contributed by atoms with E-state index in [1.165, 1.54) is 6.26 Å². The molecule has 6 nitrogen and oxygen atoms in total. The first-order valence-electron chi connectivity index (χ1n) is 5.92. The quantitative estimate of drug-likeness (QED) is 0.568. The minimum Gasteiger partial charge on any atom is -0.444 e. The molecule has 0 saturated heterocycles. The van der Waals surface area contributed by atoms with Gasteiger partial charge in [0, 0.05) is 17.0 Å². The first-order chi connectivity index (χ1) is 9.85. The van der Waals surface area contributed by atoms with E-state index in [4.69, 9.17) is 9.68 Å². The van der Waals surface area contributed by atoms with E-state index in [2.05, 4.69) is 19.9 Å². The van der Waals surface area contributed by atoms with Crippen LogP contribution in [-0.4, -0.2) is 19.9 Å².